The maximum absolute atomic E-state index is 13.0. The lowest BCUT2D eigenvalue weighted by atomic mass is 9.74. The molecule has 0 unspecified atom stereocenters. The molecule has 0 bridgehead atoms. The van der Waals surface area contributed by atoms with Crippen LogP contribution in [0.4, 0.5) is 4.79 Å². The molecule has 1 heterocycles. The number of imide groups is 1. The number of piperidine rings is 1. The molecule has 1 saturated heterocycles. The number of nitrogens with zero attached hydrogens (tertiary/aromatic N) is 3. The van der Waals surface area contributed by atoms with Gasteiger partial charge in [-0.15, -0.1) is 0 Å². The Balaban J connectivity index is 0.000000348. The molecule has 7 nitrogen and oxygen atoms in total. The van der Waals surface area contributed by atoms with Gasteiger partial charge < -0.3 is 15.5 Å². The minimum absolute atomic E-state index is 0.184. The topological polar surface area (TPSA) is 86.9 Å². The predicted molar refractivity (Wildman–Crippen MR) is 154 cm³/mol. The van der Waals surface area contributed by atoms with Crippen LogP contribution in [0.2, 0.25) is 0 Å². The monoisotopic (exact) mass is 522 g/mol. The van der Waals surface area contributed by atoms with E-state index in [1.54, 1.807) is 27.9 Å². The number of urea groups is 1. The minimum Gasteiger partial charge on any atom is -0.351 e. The second-order valence-corrected chi connectivity index (χ2v) is 11.1. The number of carbonyl (C=O) groups excluding carboxylic acids is 3. The Morgan fingerprint density at radius 3 is 2.03 bits per heavy atom. The summed E-state index contributed by atoms with van der Waals surface area (Å²) in [5, 5.41) is 0. The van der Waals surface area contributed by atoms with Gasteiger partial charge in [-0.05, 0) is 69.4 Å². The van der Waals surface area contributed by atoms with E-state index in [-0.39, 0.29) is 17.4 Å². The number of hydrogen-bond acceptors (Lipinski definition) is 4. The van der Waals surface area contributed by atoms with Crippen LogP contribution < -0.4 is 5.73 Å². The molecular weight excluding hydrogens is 476 g/mol. The summed E-state index contributed by atoms with van der Waals surface area (Å²) in [4.78, 5) is 39.7. The largest absolute Gasteiger partial charge is 0.351 e. The first-order valence-corrected chi connectivity index (χ1v) is 13.6. The van der Waals surface area contributed by atoms with E-state index in [0.717, 1.165) is 32.1 Å². The standard InChI is InChI=1S/C21H31N3O2.C7H8.C3H7NO/c1-4-13-24(18(25)20(2,3)22)19(26)23-14-11-21(12-15-23)10-9-16-7-5-6-8-17(16)21;1-7-5-3-2-4-6-7;1-4(2)3-5/h5-8H,4,9-15,22H2,1-3H3;2-6H,1H3;3H,1-2H3. The third kappa shape index (κ3) is 8.42. The highest BCUT2D eigenvalue weighted by molar-refractivity contribution is 5.98. The van der Waals surface area contributed by atoms with Gasteiger partial charge in [-0.2, -0.15) is 0 Å². The zero-order chi connectivity index (χ0) is 28.3. The summed E-state index contributed by atoms with van der Waals surface area (Å²) < 4.78 is 0. The number of amides is 4. The van der Waals surface area contributed by atoms with Crippen LogP contribution in [0.15, 0.2) is 54.6 Å². The molecule has 2 aliphatic rings. The van der Waals surface area contributed by atoms with Gasteiger partial charge in [-0.3, -0.25) is 14.5 Å². The van der Waals surface area contributed by atoms with E-state index in [1.807, 2.05) is 30.0 Å². The fourth-order valence-corrected chi connectivity index (χ4v) is 4.97. The van der Waals surface area contributed by atoms with Crippen molar-refractivity contribution in [3.05, 3.63) is 71.3 Å². The fourth-order valence-electron chi connectivity index (χ4n) is 4.97. The maximum atomic E-state index is 13.0. The number of rotatable bonds is 4. The number of hydrogen-bond donors (Lipinski definition) is 1. The molecule has 7 heteroatoms. The molecule has 0 saturated carbocycles. The number of nitrogens with two attached hydrogens (primary N) is 1. The summed E-state index contributed by atoms with van der Waals surface area (Å²) in [7, 11) is 3.38. The van der Waals surface area contributed by atoms with Crippen LogP contribution in [0.1, 0.15) is 63.1 Å². The van der Waals surface area contributed by atoms with Crippen LogP contribution in [0, 0.1) is 6.92 Å². The summed E-state index contributed by atoms with van der Waals surface area (Å²) in [5.41, 5.74) is 9.39. The van der Waals surface area contributed by atoms with Gasteiger partial charge in [0, 0.05) is 33.7 Å². The average Bonchev–Trinajstić information content (AvgIpc) is 3.25. The summed E-state index contributed by atoms with van der Waals surface area (Å²) >= 11 is 0. The van der Waals surface area contributed by atoms with Crippen LogP contribution in [-0.4, -0.2) is 72.3 Å². The number of carbonyl (C=O) groups is 3. The van der Waals surface area contributed by atoms with Crippen molar-refractivity contribution in [1.82, 2.24) is 14.7 Å². The lowest BCUT2D eigenvalue weighted by Crippen LogP contribution is -2.58. The zero-order valence-electron chi connectivity index (χ0n) is 24.1. The Kier molecular flexibility index (Phi) is 11.5. The van der Waals surface area contributed by atoms with E-state index in [2.05, 4.69) is 43.3 Å². The quantitative estimate of drug-likeness (QED) is 0.587. The molecule has 4 amide bonds. The van der Waals surface area contributed by atoms with Gasteiger partial charge in [0.25, 0.3) is 0 Å². The Morgan fingerprint density at radius 1 is 1.00 bits per heavy atom. The van der Waals surface area contributed by atoms with Crippen molar-refractivity contribution >= 4 is 18.3 Å². The van der Waals surface area contributed by atoms with Gasteiger partial charge in [0.1, 0.15) is 0 Å². The third-order valence-electron chi connectivity index (χ3n) is 7.08. The Hall–Kier alpha value is -3.19. The van der Waals surface area contributed by atoms with E-state index in [1.165, 1.54) is 32.9 Å². The SMILES string of the molecule is CCCN(C(=O)N1CCC2(CCc3ccccc32)CC1)C(=O)C(C)(C)N.CN(C)C=O.Cc1ccccc1. The van der Waals surface area contributed by atoms with Gasteiger partial charge >= 0.3 is 6.03 Å². The first-order valence-electron chi connectivity index (χ1n) is 13.6. The zero-order valence-corrected chi connectivity index (χ0v) is 24.1. The van der Waals surface area contributed by atoms with Crippen molar-refractivity contribution < 1.29 is 14.4 Å². The van der Waals surface area contributed by atoms with Gasteiger partial charge in [0.2, 0.25) is 12.3 Å². The average molecular weight is 523 g/mol. The predicted octanol–water partition coefficient (Wildman–Crippen LogP) is 4.76. The van der Waals surface area contributed by atoms with E-state index < -0.39 is 5.54 Å². The van der Waals surface area contributed by atoms with Gasteiger partial charge in [0.15, 0.2) is 0 Å². The molecule has 0 atom stereocenters. The molecule has 2 N–H and O–H groups in total. The highest BCUT2D eigenvalue weighted by Gasteiger charge is 2.43. The molecule has 1 spiro atoms. The molecule has 1 aliphatic heterocycles. The summed E-state index contributed by atoms with van der Waals surface area (Å²) in [6.07, 6.45) is 5.72. The highest BCUT2D eigenvalue weighted by atomic mass is 16.2. The lowest BCUT2D eigenvalue weighted by Gasteiger charge is -2.42. The van der Waals surface area contributed by atoms with Gasteiger partial charge in [-0.25, -0.2) is 4.79 Å². The van der Waals surface area contributed by atoms with E-state index in [0.29, 0.717) is 19.6 Å². The van der Waals surface area contributed by atoms with Gasteiger partial charge in [0.05, 0.1) is 5.54 Å². The molecule has 1 fully saturated rings. The second-order valence-electron chi connectivity index (χ2n) is 11.1. The molecule has 2 aromatic carbocycles. The van der Waals surface area contributed by atoms with Gasteiger partial charge in [-0.1, -0.05) is 67.1 Å². The summed E-state index contributed by atoms with van der Waals surface area (Å²) in [6.45, 7) is 9.19. The molecule has 0 aromatic heterocycles. The maximum Gasteiger partial charge on any atom is 0.326 e. The van der Waals surface area contributed by atoms with E-state index in [9.17, 15) is 14.4 Å². The molecule has 4 rings (SSSR count). The molecular formula is C31H46N4O3. The van der Waals surface area contributed by atoms with Crippen LogP contribution in [0.3, 0.4) is 0 Å². The Morgan fingerprint density at radius 2 is 1.55 bits per heavy atom. The normalized spacial score (nSPS) is 15.3. The van der Waals surface area contributed by atoms with Crippen LogP contribution in [-0.2, 0) is 21.4 Å². The van der Waals surface area contributed by atoms with Crippen LogP contribution in [0.5, 0.6) is 0 Å². The van der Waals surface area contributed by atoms with Crippen LogP contribution >= 0.6 is 0 Å². The Bertz CT molecular complexity index is 1040. The number of fused-ring (bicyclic) bond motifs is 2. The lowest BCUT2D eigenvalue weighted by molar-refractivity contribution is -0.133. The smallest absolute Gasteiger partial charge is 0.326 e. The van der Waals surface area contributed by atoms with Crippen molar-refractivity contribution in [1.29, 1.82) is 0 Å². The number of benzene rings is 2. The number of aryl methyl sites for hydroxylation is 2. The fraction of sp³-hybridized carbons (Fsp3) is 0.516. The molecule has 0 radical (unpaired) electrons. The first kappa shape index (κ1) is 31.0. The van der Waals surface area contributed by atoms with Crippen molar-refractivity contribution in [2.75, 3.05) is 33.7 Å². The molecule has 208 valence electrons. The van der Waals surface area contributed by atoms with Crippen molar-refractivity contribution in [2.24, 2.45) is 5.73 Å². The van der Waals surface area contributed by atoms with E-state index >= 15 is 0 Å². The highest BCUT2D eigenvalue weighted by Crippen LogP contribution is 2.46. The minimum atomic E-state index is -1.04. The third-order valence-corrected chi connectivity index (χ3v) is 7.08. The summed E-state index contributed by atoms with van der Waals surface area (Å²) in [5.74, 6) is -0.296. The molecule has 2 aromatic rings. The molecule has 38 heavy (non-hydrogen) atoms. The Labute approximate surface area is 229 Å². The second kappa shape index (κ2) is 14.1. The van der Waals surface area contributed by atoms with Crippen molar-refractivity contribution in [3.8, 4) is 0 Å². The number of likely N-dealkylation sites (tertiary alicyclic amines) is 1. The van der Waals surface area contributed by atoms with Crippen molar-refractivity contribution in [3.63, 3.8) is 0 Å². The van der Waals surface area contributed by atoms with E-state index in [4.69, 9.17) is 5.73 Å². The molecule has 1 aliphatic carbocycles. The first-order chi connectivity index (χ1) is 17.9. The summed E-state index contributed by atoms with van der Waals surface area (Å²) in [6, 6.07) is 18.8. The van der Waals surface area contributed by atoms with Crippen molar-refractivity contribution in [2.45, 2.75) is 70.8 Å². The van der Waals surface area contributed by atoms with Crippen LogP contribution in [0.25, 0.3) is 0 Å².